The van der Waals surface area contributed by atoms with E-state index in [2.05, 4.69) is 5.32 Å². The van der Waals surface area contributed by atoms with E-state index in [4.69, 9.17) is 10.2 Å². The van der Waals surface area contributed by atoms with E-state index >= 15 is 0 Å². The van der Waals surface area contributed by atoms with Gasteiger partial charge in [0.25, 0.3) is 0 Å². The molecule has 2 amide bonds. The van der Waals surface area contributed by atoms with Gasteiger partial charge in [-0.25, -0.2) is 4.79 Å². The molecule has 1 rings (SSSR count). The topological polar surface area (TPSA) is 89.9 Å². The van der Waals surface area contributed by atoms with E-state index in [1.165, 1.54) is 0 Å². The molecule has 3 N–H and O–H groups in total. The van der Waals surface area contributed by atoms with Crippen LogP contribution in [0, 0.1) is 11.8 Å². The Balaban J connectivity index is 2.39. The second-order valence-corrected chi connectivity index (χ2v) is 5.48. The highest BCUT2D eigenvalue weighted by molar-refractivity contribution is 5.76. The number of urea groups is 1. The normalized spacial score (nSPS) is 20.5. The number of carboxylic acids is 1. The highest BCUT2D eigenvalue weighted by Crippen LogP contribution is 2.19. The van der Waals surface area contributed by atoms with Crippen LogP contribution in [0.1, 0.15) is 39.0 Å². The Morgan fingerprint density at radius 3 is 2.80 bits per heavy atom. The summed E-state index contributed by atoms with van der Waals surface area (Å²) in [5.41, 5.74) is 0. The number of hydrogen-bond donors (Lipinski definition) is 3. The summed E-state index contributed by atoms with van der Waals surface area (Å²) >= 11 is 0. The molecule has 1 heterocycles. The number of nitrogens with zero attached hydrogens (tertiary/aromatic N) is 1. The summed E-state index contributed by atoms with van der Waals surface area (Å²) in [5, 5.41) is 20.7. The van der Waals surface area contributed by atoms with Gasteiger partial charge in [-0.1, -0.05) is 13.3 Å². The first-order chi connectivity index (χ1) is 9.58. The lowest BCUT2D eigenvalue weighted by atomic mass is 9.95. The predicted molar refractivity (Wildman–Crippen MR) is 75.4 cm³/mol. The van der Waals surface area contributed by atoms with Gasteiger partial charge in [-0.15, -0.1) is 0 Å². The molecule has 6 nitrogen and oxygen atoms in total. The first-order valence-electron chi connectivity index (χ1n) is 7.44. The average Bonchev–Trinajstić information content (AvgIpc) is 2.43. The number of carboxylic acid groups (broad SMARTS) is 1. The number of amides is 2. The standard InChI is InChI=1S/C14H26N2O4/c1-2-4-12(13(18)19)9-15-14(20)16-7-3-5-11(10-16)6-8-17/h11-12,17H,2-10H2,1H3,(H,15,20)(H,18,19). The lowest BCUT2D eigenvalue weighted by molar-refractivity contribution is -0.141. The van der Waals surface area contributed by atoms with Crippen LogP contribution in [0.5, 0.6) is 0 Å². The molecule has 1 aliphatic heterocycles. The molecule has 0 radical (unpaired) electrons. The van der Waals surface area contributed by atoms with Gasteiger partial charge < -0.3 is 20.4 Å². The summed E-state index contributed by atoms with van der Waals surface area (Å²) < 4.78 is 0. The number of carbonyl (C=O) groups excluding carboxylic acids is 1. The fraction of sp³-hybridized carbons (Fsp3) is 0.857. The molecule has 0 bridgehead atoms. The van der Waals surface area contributed by atoms with Crippen molar-refractivity contribution in [2.75, 3.05) is 26.2 Å². The van der Waals surface area contributed by atoms with Crippen LogP contribution in [0.25, 0.3) is 0 Å². The van der Waals surface area contributed by atoms with Crippen molar-refractivity contribution >= 4 is 12.0 Å². The minimum Gasteiger partial charge on any atom is -0.481 e. The van der Waals surface area contributed by atoms with Crippen LogP contribution in [0.2, 0.25) is 0 Å². The van der Waals surface area contributed by atoms with Gasteiger partial charge in [-0.05, 0) is 31.6 Å². The highest BCUT2D eigenvalue weighted by atomic mass is 16.4. The van der Waals surface area contributed by atoms with Gasteiger partial charge in [0, 0.05) is 26.2 Å². The van der Waals surface area contributed by atoms with Gasteiger partial charge in [0.1, 0.15) is 0 Å². The lowest BCUT2D eigenvalue weighted by Gasteiger charge is -2.32. The minimum atomic E-state index is -0.857. The van der Waals surface area contributed by atoms with E-state index in [1.54, 1.807) is 4.90 Å². The number of rotatable bonds is 7. The molecular weight excluding hydrogens is 260 g/mol. The van der Waals surface area contributed by atoms with Crippen molar-refractivity contribution in [1.29, 1.82) is 0 Å². The Morgan fingerprint density at radius 1 is 1.45 bits per heavy atom. The summed E-state index contributed by atoms with van der Waals surface area (Å²) in [6.07, 6.45) is 4.06. The maximum Gasteiger partial charge on any atom is 0.317 e. The Labute approximate surface area is 120 Å². The molecule has 1 saturated heterocycles. The molecule has 116 valence electrons. The van der Waals surface area contributed by atoms with Gasteiger partial charge in [-0.3, -0.25) is 4.79 Å². The Morgan fingerprint density at radius 2 is 2.20 bits per heavy atom. The molecule has 0 spiro atoms. The van der Waals surface area contributed by atoms with E-state index in [-0.39, 0.29) is 19.2 Å². The smallest absolute Gasteiger partial charge is 0.317 e. The van der Waals surface area contributed by atoms with Gasteiger partial charge in [-0.2, -0.15) is 0 Å². The van der Waals surface area contributed by atoms with Crippen molar-refractivity contribution in [2.24, 2.45) is 11.8 Å². The maximum atomic E-state index is 12.0. The van der Waals surface area contributed by atoms with Crippen molar-refractivity contribution in [3.05, 3.63) is 0 Å². The van der Waals surface area contributed by atoms with E-state index in [1.807, 2.05) is 6.92 Å². The average molecular weight is 286 g/mol. The number of piperidine rings is 1. The maximum absolute atomic E-state index is 12.0. The number of likely N-dealkylation sites (tertiary alicyclic amines) is 1. The van der Waals surface area contributed by atoms with Crippen LogP contribution in [0.15, 0.2) is 0 Å². The third-order valence-electron chi connectivity index (χ3n) is 3.83. The monoisotopic (exact) mass is 286 g/mol. The molecule has 0 aromatic rings. The molecule has 2 atom stereocenters. The summed E-state index contributed by atoms with van der Waals surface area (Å²) in [6, 6.07) is -0.185. The van der Waals surface area contributed by atoms with Crippen molar-refractivity contribution in [1.82, 2.24) is 10.2 Å². The third-order valence-corrected chi connectivity index (χ3v) is 3.83. The van der Waals surface area contributed by atoms with Crippen molar-refractivity contribution in [3.63, 3.8) is 0 Å². The zero-order valence-corrected chi connectivity index (χ0v) is 12.2. The first-order valence-corrected chi connectivity index (χ1v) is 7.44. The number of aliphatic hydroxyl groups excluding tert-OH is 1. The largest absolute Gasteiger partial charge is 0.481 e. The molecule has 0 aromatic carbocycles. The van der Waals surface area contributed by atoms with E-state index in [0.29, 0.717) is 25.4 Å². The van der Waals surface area contributed by atoms with Crippen LogP contribution in [-0.2, 0) is 4.79 Å². The summed E-state index contributed by atoms with van der Waals surface area (Å²) in [4.78, 5) is 24.8. The Hall–Kier alpha value is -1.30. The summed E-state index contributed by atoms with van der Waals surface area (Å²) in [6.45, 7) is 3.62. The zero-order valence-electron chi connectivity index (χ0n) is 12.2. The van der Waals surface area contributed by atoms with E-state index in [9.17, 15) is 9.59 Å². The molecule has 1 fully saturated rings. The first kappa shape index (κ1) is 16.8. The van der Waals surface area contributed by atoms with Crippen LogP contribution in [0.3, 0.4) is 0 Å². The number of aliphatic carboxylic acids is 1. The third kappa shape index (κ3) is 5.36. The number of hydrogen-bond acceptors (Lipinski definition) is 3. The van der Waals surface area contributed by atoms with Crippen LogP contribution < -0.4 is 5.32 Å². The van der Waals surface area contributed by atoms with E-state index in [0.717, 1.165) is 25.7 Å². The Kier molecular flexibility index (Phi) is 7.36. The van der Waals surface area contributed by atoms with Crippen LogP contribution in [0.4, 0.5) is 4.79 Å². The van der Waals surface area contributed by atoms with Gasteiger partial charge in [0.2, 0.25) is 0 Å². The van der Waals surface area contributed by atoms with Gasteiger partial charge in [0.15, 0.2) is 0 Å². The molecular formula is C14H26N2O4. The summed E-state index contributed by atoms with van der Waals surface area (Å²) in [7, 11) is 0. The predicted octanol–water partition coefficient (Wildman–Crippen LogP) is 1.29. The molecule has 1 aliphatic rings. The highest BCUT2D eigenvalue weighted by Gasteiger charge is 2.24. The van der Waals surface area contributed by atoms with Crippen molar-refractivity contribution in [3.8, 4) is 0 Å². The molecule has 2 unspecified atom stereocenters. The molecule has 0 aromatic heterocycles. The van der Waals surface area contributed by atoms with Gasteiger partial charge in [0.05, 0.1) is 5.92 Å². The van der Waals surface area contributed by atoms with Gasteiger partial charge >= 0.3 is 12.0 Å². The summed E-state index contributed by atoms with van der Waals surface area (Å²) in [5.74, 6) is -1.02. The molecule has 6 heteroatoms. The van der Waals surface area contributed by atoms with E-state index < -0.39 is 11.9 Å². The second kappa shape index (κ2) is 8.79. The quantitative estimate of drug-likeness (QED) is 0.658. The van der Waals surface area contributed by atoms with Crippen LogP contribution in [-0.4, -0.2) is 53.4 Å². The number of aliphatic hydroxyl groups is 1. The lowest BCUT2D eigenvalue weighted by Crippen LogP contribution is -2.47. The van der Waals surface area contributed by atoms with Crippen molar-refractivity contribution < 1.29 is 19.8 Å². The minimum absolute atomic E-state index is 0.151. The molecule has 0 saturated carbocycles. The SMILES string of the molecule is CCCC(CNC(=O)N1CCCC(CCO)C1)C(=O)O. The fourth-order valence-electron chi connectivity index (χ4n) is 2.65. The zero-order chi connectivity index (χ0) is 15.0. The second-order valence-electron chi connectivity index (χ2n) is 5.48. The molecule has 20 heavy (non-hydrogen) atoms. The number of nitrogens with one attached hydrogen (secondary N) is 1. The number of carbonyl (C=O) groups is 2. The fourth-order valence-corrected chi connectivity index (χ4v) is 2.65. The van der Waals surface area contributed by atoms with Crippen molar-refractivity contribution in [2.45, 2.75) is 39.0 Å². The Bertz CT molecular complexity index is 320. The van der Waals surface area contributed by atoms with Crippen LogP contribution >= 0.6 is 0 Å². The molecule has 0 aliphatic carbocycles.